The smallest absolute Gasteiger partial charge is 0.428 e. The highest BCUT2D eigenvalue weighted by Crippen LogP contribution is 2.43. The first kappa shape index (κ1) is 31.1. The van der Waals surface area contributed by atoms with Gasteiger partial charge in [0.2, 0.25) is 0 Å². The Balaban J connectivity index is 1.74. The standard InChI is InChI=1S/C27H22F10N2O3/c28-24(29)26(33,34)41-19-8-4-6-17(12-19)22-14-38(13-16-5-3-7-18(11-16)42-27(35,36)37)20-9-1-2-10-21(20)39(22)15-23(40)25(30,31)32/h1-12,22-24,40H,13-15H2/t22-,23+/m0/s1. The van der Waals surface area contributed by atoms with Crippen LogP contribution in [0, 0.1) is 0 Å². The van der Waals surface area contributed by atoms with E-state index in [1.165, 1.54) is 41.3 Å². The zero-order chi connectivity index (χ0) is 30.9. The number of anilines is 2. The van der Waals surface area contributed by atoms with Gasteiger partial charge in [-0.05, 0) is 47.5 Å². The fraction of sp³-hybridized carbons (Fsp3) is 0.333. The van der Waals surface area contributed by atoms with Crippen LogP contribution in [-0.2, 0) is 6.54 Å². The molecule has 0 saturated carbocycles. The summed E-state index contributed by atoms with van der Waals surface area (Å²) >= 11 is 0. The van der Waals surface area contributed by atoms with Crippen LogP contribution in [0.2, 0.25) is 0 Å². The van der Waals surface area contributed by atoms with E-state index in [4.69, 9.17) is 0 Å². The Morgan fingerprint density at radius 1 is 0.786 bits per heavy atom. The van der Waals surface area contributed by atoms with E-state index in [0.717, 1.165) is 24.3 Å². The minimum Gasteiger partial charge on any atom is -0.428 e. The first-order valence-corrected chi connectivity index (χ1v) is 12.2. The van der Waals surface area contributed by atoms with Crippen LogP contribution in [0.4, 0.5) is 55.3 Å². The molecule has 1 aliphatic heterocycles. The molecule has 1 aliphatic rings. The maximum absolute atomic E-state index is 13.6. The third kappa shape index (κ3) is 7.49. The molecule has 0 aromatic heterocycles. The summed E-state index contributed by atoms with van der Waals surface area (Å²) in [6.45, 7) is -1.19. The molecule has 0 radical (unpaired) electrons. The van der Waals surface area contributed by atoms with E-state index >= 15 is 0 Å². The van der Waals surface area contributed by atoms with Crippen LogP contribution >= 0.6 is 0 Å². The number of hydrogen-bond donors (Lipinski definition) is 1. The molecule has 0 unspecified atom stereocenters. The normalized spacial score (nSPS) is 16.8. The lowest BCUT2D eigenvalue weighted by molar-refractivity contribution is -0.274. The first-order chi connectivity index (χ1) is 19.5. The molecule has 0 spiro atoms. The van der Waals surface area contributed by atoms with Crippen molar-refractivity contribution in [2.45, 2.75) is 43.8 Å². The Bertz CT molecular complexity index is 1370. The lowest BCUT2D eigenvalue weighted by Crippen LogP contribution is -2.49. The van der Waals surface area contributed by atoms with E-state index in [2.05, 4.69) is 9.47 Å². The molecular formula is C27H22F10N2O3. The molecule has 1 N–H and O–H groups in total. The molecule has 0 saturated heterocycles. The van der Waals surface area contributed by atoms with E-state index in [1.807, 2.05) is 0 Å². The summed E-state index contributed by atoms with van der Waals surface area (Å²) in [6.07, 6.45) is -21.8. The number of hydrogen-bond acceptors (Lipinski definition) is 5. The maximum Gasteiger partial charge on any atom is 0.573 e. The van der Waals surface area contributed by atoms with E-state index < -0.39 is 55.3 Å². The van der Waals surface area contributed by atoms with Crippen LogP contribution in [0.5, 0.6) is 11.5 Å². The molecule has 3 aromatic rings. The second-order valence-electron chi connectivity index (χ2n) is 9.33. The van der Waals surface area contributed by atoms with Gasteiger partial charge in [0.1, 0.15) is 11.5 Å². The van der Waals surface area contributed by atoms with Crippen molar-refractivity contribution in [3.63, 3.8) is 0 Å². The number of aliphatic hydroxyl groups excluding tert-OH is 1. The third-order valence-corrected chi connectivity index (χ3v) is 6.31. The Morgan fingerprint density at radius 2 is 1.40 bits per heavy atom. The molecule has 4 rings (SSSR count). The van der Waals surface area contributed by atoms with Gasteiger partial charge >= 0.3 is 25.1 Å². The van der Waals surface area contributed by atoms with Gasteiger partial charge in [0, 0.05) is 13.1 Å². The highest BCUT2D eigenvalue weighted by molar-refractivity contribution is 5.75. The Hall–Kier alpha value is -3.88. The van der Waals surface area contributed by atoms with Gasteiger partial charge in [0.05, 0.1) is 24.0 Å². The summed E-state index contributed by atoms with van der Waals surface area (Å²) in [5.41, 5.74) is 0.967. The summed E-state index contributed by atoms with van der Waals surface area (Å²) in [6, 6.07) is 14.5. The van der Waals surface area contributed by atoms with Gasteiger partial charge in [0.25, 0.3) is 0 Å². The monoisotopic (exact) mass is 612 g/mol. The molecule has 2 atom stereocenters. The minimum atomic E-state index is -5.01. The average Bonchev–Trinajstić information content (AvgIpc) is 2.88. The number of ether oxygens (including phenoxy) is 2. The molecule has 0 amide bonds. The Morgan fingerprint density at radius 3 is 2.02 bits per heavy atom. The molecule has 0 aliphatic carbocycles. The number of alkyl halides is 10. The second kappa shape index (κ2) is 11.8. The molecule has 42 heavy (non-hydrogen) atoms. The molecular weight excluding hydrogens is 590 g/mol. The van der Waals surface area contributed by atoms with E-state index in [9.17, 15) is 49.0 Å². The first-order valence-electron chi connectivity index (χ1n) is 12.2. The number of para-hydroxylation sites is 2. The van der Waals surface area contributed by atoms with Gasteiger partial charge in [0.15, 0.2) is 6.10 Å². The summed E-state index contributed by atoms with van der Waals surface area (Å²) in [5, 5.41) is 9.93. The highest BCUT2D eigenvalue weighted by Gasteiger charge is 2.45. The maximum atomic E-state index is 13.6. The number of nitrogens with zero attached hydrogens (tertiary/aromatic N) is 2. The molecule has 0 fully saturated rings. The van der Waals surface area contributed by atoms with Gasteiger partial charge in [-0.25, -0.2) is 0 Å². The topological polar surface area (TPSA) is 45.2 Å². The summed E-state index contributed by atoms with van der Waals surface area (Å²) in [4.78, 5) is 2.82. The van der Waals surface area contributed by atoms with E-state index in [1.54, 1.807) is 17.0 Å². The molecule has 3 aromatic carbocycles. The fourth-order valence-corrected chi connectivity index (χ4v) is 4.55. The molecule has 228 valence electrons. The van der Waals surface area contributed by atoms with Crippen molar-refractivity contribution < 1.29 is 58.5 Å². The van der Waals surface area contributed by atoms with E-state index in [-0.39, 0.29) is 24.3 Å². The van der Waals surface area contributed by atoms with Crippen LogP contribution in [-0.4, -0.2) is 49.4 Å². The van der Waals surface area contributed by atoms with Crippen LogP contribution in [0.25, 0.3) is 0 Å². The van der Waals surface area contributed by atoms with Crippen LogP contribution in [0.3, 0.4) is 0 Å². The van der Waals surface area contributed by atoms with Crippen LogP contribution < -0.4 is 19.3 Å². The predicted octanol–water partition coefficient (Wildman–Crippen LogP) is 7.31. The van der Waals surface area contributed by atoms with Crippen molar-refractivity contribution in [1.29, 1.82) is 0 Å². The van der Waals surface area contributed by atoms with Crippen molar-refractivity contribution in [2.24, 2.45) is 0 Å². The summed E-state index contributed by atoms with van der Waals surface area (Å²) in [7, 11) is 0. The van der Waals surface area contributed by atoms with Crippen molar-refractivity contribution in [2.75, 3.05) is 22.9 Å². The second-order valence-corrected chi connectivity index (χ2v) is 9.33. The van der Waals surface area contributed by atoms with Gasteiger partial charge in [-0.1, -0.05) is 36.4 Å². The number of aliphatic hydroxyl groups is 1. The predicted molar refractivity (Wildman–Crippen MR) is 131 cm³/mol. The zero-order valence-corrected chi connectivity index (χ0v) is 21.2. The minimum absolute atomic E-state index is 0.0577. The molecule has 5 nitrogen and oxygen atoms in total. The lowest BCUT2D eigenvalue weighted by atomic mass is 9.98. The summed E-state index contributed by atoms with van der Waals surface area (Å²) in [5.74, 6) is -1.18. The van der Waals surface area contributed by atoms with Gasteiger partial charge in [-0.15, -0.1) is 13.2 Å². The molecule has 15 heteroatoms. The van der Waals surface area contributed by atoms with E-state index in [0.29, 0.717) is 11.3 Å². The number of β-amino-alcohol motifs (C(OH)–C–C–N with tert-alkyl or cyclic N) is 1. The number of benzene rings is 3. The largest absolute Gasteiger partial charge is 0.573 e. The van der Waals surface area contributed by atoms with Crippen LogP contribution in [0.15, 0.2) is 72.8 Å². The fourth-order valence-electron chi connectivity index (χ4n) is 4.55. The zero-order valence-electron chi connectivity index (χ0n) is 21.2. The van der Waals surface area contributed by atoms with Crippen molar-refractivity contribution in [3.8, 4) is 11.5 Å². The van der Waals surface area contributed by atoms with Crippen molar-refractivity contribution in [1.82, 2.24) is 0 Å². The number of rotatable bonds is 9. The van der Waals surface area contributed by atoms with Gasteiger partial charge < -0.3 is 24.4 Å². The SMILES string of the molecule is O[C@H](CN1c2ccccc2N(Cc2cccc(OC(F)(F)F)c2)C[C@H]1c1cccc(OC(F)(F)C(F)F)c1)C(F)(F)F. The van der Waals surface area contributed by atoms with Gasteiger partial charge in [-0.3, -0.25) is 0 Å². The third-order valence-electron chi connectivity index (χ3n) is 6.31. The van der Waals surface area contributed by atoms with Crippen LogP contribution in [0.1, 0.15) is 17.2 Å². The highest BCUT2D eigenvalue weighted by atomic mass is 19.4. The quantitative estimate of drug-likeness (QED) is 0.257. The molecule has 1 heterocycles. The molecule has 0 bridgehead atoms. The summed E-state index contributed by atoms with van der Waals surface area (Å²) < 4.78 is 139. The Labute approximate surface area is 232 Å². The lowest BCUT2D eigenvalue weighted by Gasteiger charge is -2.45. The Kier molecular flexibility index (Phi) is 8.71. The van der Waals surface area contributed by atoms with Crippen molar-refractivity contribution in [3.05, 3.63) is 83.9 Å². The van der Waals surface area contributed by atoms with Gasteiger partial charge in [-0.2, -0.15) is 30.7 Å². The van der Waals surface area contributed by atoms with Crippen molar-refractivity contribution >= 4 is 11.4 Å². The number of halogens is 10. The average molecular weight is 612 g/mol. The number of fused-ring (bicyclic) bond motifs is 1.